The Kier molecular flexibility index (Phi) is 2.95. The SMILES string of the molecule is CC(NC1CCOC1)C(F)(F)F. The first-order valence-electron chi connectivity index (χ1n) is 3.90. The summed E-state index contributed by atoms with van der Waals surface area (Å²) in [4.78, 5) is 0. The molecule has 1 N–H and O–H groups in total. The van der Waals surface area contributed by atoms with Crippen LogP contribution in [0.15, 0.2) is 0 Å². The van der Waals surface area contributed by atoms with E-state index in [1.807, 2.05) is 0 Å². The quantitative estimate of drug-likeness (QED) is 0.697. The summed E-state index contributed by atoms with van der Waals surface area (Å²) in [5, 5.41) is 2.47. The van der Waals surface area contributed by atoms with Crippen LogP contribution in [0.4, 0.5) is 13.2 Å². The molecule has 0 spiro atoms. The predicted molar refractivity (Wildman–Crippen MR) is 37.9 cm³/mol. The highest BCUT2D eigenvalue weighted by atomic mass is 19.4. The van der Waals surface area contributed by atoms with E-state index in [-0.39, 0.29) is 6.04 Å². The highest BCUT2D eigenvalue weighted by Gasteiger charge is 2.37. The number of nitrogens with one attached hydrogen (secondary N) is 1. The van der Waals surface area contributed by atoms with Crippen LogP contribution in [0.2, 0.25) is 0 Å². The summed E-state index contributed by atoms with van der Waals surface area (Å²) >= 11 is 0. The molecule has 0 radical (unpaired) electrons. The van der Waals surface area contributed by atoms with Crippen molar-refractivity contribution < 1.29 is 17.9 Å². The van der Waals surface area contributed by atoms with Gasteiger partial charge in [0.05, 0.1) is 6.61 Å². The van der Waals surface area contributed by atoms with Crippen LogP contribution < -0.4 is 5.32 Å². The summed E-state index contributed by atoms with van der Waals surface area (Å²) in [6, 6.07) is -1.58. The fourth-order valence-corrected chi connectivity index (χ4v) is 1.11. The summed E-state index contributed by atoms with van der Waals surface area (Å²) in [6.45, 7) is 2.07. The van der Waals surface area contributed by atoms with E-state index in [1.54, 1.807) is 0 Å². The Morgan fingerprint density at radius 1 is 1.50 bits per heavy atom. The Labute approximate surface area is 69.1 Å². The molecule has 0 saturated carbocycles. The molecule has 1 rings (SSSR count). The van der Waals surface area contributed by atoms with Gasteiger partial charge in [0.2, 0.25) is 0 Å². The van der Waals surface area contributed by atoms with Crippen molar-refractivity contribution in [1.82, 2.24) is 5.32 Å². The smallest absolute Gasteiger partial charge is 0.380 e. The van der Waals surface area contributed by atoms with Gasteiger partial charge in [0.15, 0.2) is 0 Å². The van der Waals surface area contributed by atoms with Crippen molar-refractivity contribution >= 4 is 0 Å². The standard InChI is InChI=1S/C7H12F3NO/c1-5(7(8,9)10)11-6-2-3-12-4-6/h5-6,11H,2-4H2,1H3. The molecule has 2 nitrogen and oxygen atoms in total. The largest absolute Gasteiger partial charge is 0.403 e. The van der Waals surface area contributed by atoms with Gasteiger partial charge >= 0.3 is 6.18 Å². The summed E-state index contributed by atoms with van der Waals surface area (Å²) in [5.41, 5.74) is 0. The zero-order valence-corrected chi connectivity index (χ0v) is 6.82. The lowest BCUT2D eigenvalue weighted by molar-refractivity contribution is -0.153. The number of ether oxygens (including phenoxy) is 1. The predicted octanol–water partition coefficient (Wildman–Crippen LogP) is 1.32. The minimum Gasteiger partial charge on any atom is -0.380 e. The average molecular weight is 183 g/mol. The van der Waals surface area contributed by atoms with E-state index in [9.17, 15) is 13.2 Å². The number of rotatable bonds is 2. The maximum atomic E-state index is 12.0. The molecule has 5 heteroatoms. The molecule has 12 heavy (non-hydrogen) atoms. The second kappa shape index (κ2) is 3.62. The maximum Gasteiger partial charge on any atom is 0.403 e. The van der Waals surface area contributed by atoms with Gasteiger partial charge in [0, 0.05) is 12.6 Å². The van der Waals surface area contributed by atoms with Gasteiger partial charge in [0.1, 0.15) is 6.04 Å². The van der Waals surface area contributed by atoms with Crippen LogP contribution in [0.5, 0.6) is 0 Å². The van der Waals surface area contributed by atoms with Gasteiger partial charge < -0.3 is 10.1 Å². The van der Waals surface area contributed by atoms with Gasteiger partial charge in [-0.05, 0) is 13.3 Å². The van der Waals surface area contributed by atoms with Crippen molar-refractivity contribution in [3.63, 3.8) is 0 Å². The van der Waals surface area contributed by atoms with Crippen LogP contribution in [0.25, 0.3) is 0 Å². The average Bonchev–Trinajstić information content (AvgIpc) is 2.37. The van der Waals surface area contributed by atoms with Gasteiger partial charge in [-0.1, -0.05) is 0 Å². The van der Waals surface area contributed by atoms with Crippen molar-refractivity contribution in [2.24, 2.45) is 0 Å². The van der Waals surface area contributed by atoms with Crippen molar-refractivity contribution in [3.8, 4) is 0 Å². The Balaban J connectivity index is 2.30. The number of halogens is 3. The monoisotopic (exact) mass is 183 g/mol. The van der Waals surface area contributed by atoms with Crippen molar-refractivity contribution in [3.05, 3.63) is 0 Å². The first kappa shape index (κ1) is 9.80. The van der Waals surface area contributed by atoms with Gasteiger partial charge in [-0.2, -0.15) is 13.2 Å². The fourth-order valence-electron chi connectivity index (χ4n) is 1.11. The van der Waals surface area contributed by atoms with Gasteiger partial charge in [-0.25, -0.2) is 0 Å². The molecule has 1 heterocycles. The zero-order valence-electron chi connectivity index (χ0n) is 6.82. The third kappa shape index (κ3) is 2.64. The van der Waals surface area contributed by atoms with E-state index in [4.69, 9.17) is 4.74 Å². The molecule has 0 aromatic rings. The van der Waals surface area contributed by atoms with Gasteiger partial charge in [-0.3, -0.25) is 0 Å². The van der Waals surface area contributed by atoms with Crippen LogP contribution >= 0.6 is 0 Å². The molecule has 1 aliphatic heterocycles. The van der Waals surface area contributed by atoms with Crippen LogP contribution in [0.3, 0.4) is 0 Å². The summed E-state index contributed by atoms with van der Waals surface area (Å²) in [6.07, 6.45) is -3.48. The van der Waals surface area contributed by atoms with Crippen LogP contribution in [-0.2, 0) is 4.74 Å². The van der Waals surface area contributed by atoms with E-state index in [1.165, 1.54) is 0 Å². The highest BCUT2D eigenvalue weighted by Crippen LogP contribution is 2.20. The zero-order chi connectivity index (χ0) is 9.19. The van der Waals surface area contributed by atoms with E-state index in [0.29, 0.717) is 19.6 Å². The fraction of sp³-hybridized carbons (Fsp3) is 1.00. The second-order valence-electron chi connectivity index (χ2n) is 2.99. The molecule has 2 unspecified atom stereocenters. The Morgan fingerprint density at radius 2 is 2.17 bits per heavy atom. The van der Waals surface area contributed by atoms with E-state index in [2.05, 4.69) is 5.32 Å². The van der Waals surface area contributed by atoms with Crippen molar-refractivity contribution in [2.75, 3.05) is 13.2 Å². The summed E-state index contributed by atoms with van der Waals surface area (Å²) in [7, 11) is 0. The molecule has 0 aliphatic carbocycles. The lowest BCUT2D eigenvalue weighted by Gasteiger charge is -2.20. The van der Waals surface area contributed by atoms with E-state index >= 15 is 0 Å². The molecule has 0 aromatic carbocycles. The minimum atomic E-state index is -4.15. The highest BCUT2D eigenvalue weighted by molar-refractivity contribution is 4.78. The minimum absolute atomic E-state index is 0.137. The third-order valence-electron chi connectivity index (χ3n) is 1.91. The molecule has 1 saturated heterocycles. The molecule has 1 aliphatic rings. The third-order valence-corrected chi connectivity index (χ3v) is 1.91. The molecular weight excluding hydrogens is 171 g/mol. The Bertz CT molecular complexity index is 142. The molecule has 0 aromatic heterocycles. The lowest BCUT2D eigenvalue weighted by Crippen LogP contribution is -2.45. The lowest BCUT2D eigenvalue weighted by atomic mass is 10.2. The van der Waals surface area contributed by atoms with Crippen LogP contribution in [0.1, 0.15) is 13.3 Å². The van der Waals surface area contributed by atoms with Crippen LogP contribution in [-0.4, -0.2) is 31.5 Å². The first-order valence-corrected chi connectivity index (χ1v) is 3.90. The Morgan fingerprint density at radius 3 is 2.58 bits per heavy atom. The Hall–Kier alpha value is -0.290. The van der Waals surface area contributed by atoms with E-state index in [0.717, 1.165) is 6.92 Å². The molecule has 2 atom stereocenters. The maximum absolute atomic E-state index is 12.0. The normalized spacial score (nSPS) is 27.5. The molecule has 0 bridgehead atoms. The van der Waals surface area contributed by atoms with Gasteiger partial charge in [-0.15, -0.1) is 0 Å². The first-order chi connectivity index (χ1) is 5.50. The van der Waals surface area contributed by atoms with Crippen molar-refractivity contribution in [2.45, 2.75) is 31.6 Å². The number of hydrogen-bond acceptors (Lipinski definition) is 2. The second-order valence-corrected chi connectivity index (χ2v) is 2.99. The summed E-state index contributed by atoms with van der Waals surface area (Å²) < 4.78 is 40.9. The molecule has 0 amide bonds. The molecule has 1 fully saturated rings. The summed E-state index contributed by atoms with van der Waals surface area (Å²) in [5.74, 6) is 0. The molecular formula is C7H12F3NO. The van der Waals surface area contributed by atoms with E-state index < -0.39 is 12.2 Å². The molecule has 72 valence electrons. The van der Waals surface area contributed by atoms with Gasteiger partial charge in [0.25, 0.3) is 0 Å². The number of hydrogen-bond donors (Lipinski definition) is 1. The van der Waals surface area contributed by atoms with Crippen LogP contribution in [0, 0.1) is 0 Å². The number of alkyl halides is 3. The van der Waals surface area contributed by atoms with Crippen molar-refractivity contribution in [1.29, 1.82) is 0 Å². The topological polar surface area (TPSA) is 21.3 Å².